The van der Waals surface area contributed by atoms with Crippen LogP contribution in [0.3, 0.4) is 0 Å². The first-order valence-corrected chi connectivity index (χ1v) is 13.6. The van der Waals surface area contributed by atoms with Crippen molar-refractivity contribution >= 4 is 5.97 Å². The zero-order valence-corrected chi connectivity index (χ0v) is 21.1. The van der Waals surface area contributed by atoms with E-state index in [0.717, 1.165) is 25.7 Å². The molecule has 0 aliphatic carbocycles. The molecule has 0 aromatic carbocycles. The van der Waals surface area contributed by atoms with Crippen molar-refractivity contribution in [3.8, 4) is 0 Å². The van der Waals surface area contributed by atoms with Crippen molar-refractivity contribution in [2.45, 2.75) is 135 Å². The van der Waals surface area contributed by atoms with Crippen LogP contribution >= 0.6 is 0 Å². The van der Waals surface area contributed by atoms with E-state index in [9.17, 15) is 4.79 Å². The Labute approximate surface area is 200 Å². The van der Waals surface area contributed by atoms with Crippen molar-refractivity contribution in [3.05, 3.63) is 48.6 Å². The van der Waals surface area contributed by atoms with Crippen LogP contribution in [-0.4, -0.2) is 11.1 Å². The number of carboxylic acids is 1. The lowest BCUT2D eigenvalue weighted by atomic mass is 10.1. The second kappa shape index (κ2) is 27.5. The van der Waals surface area contributed by atoms with Crippen LogP contribution in [0.4, 0.5) is 0 Å². The minimum Gasteiger partial charge on any atom is -0.481 e. The van der Waals surface area contributed by atoms with E-state index in [0.29, 0.717) is 0 Å². The number of unbranched alkanes of at least 4 members (excludes halogenated alkanes) is 14. The van der Waals surface area contributed by atoms with Gasteiger partial charge in [-0.15, -0.1) is 0 Å². The van der Waals surface area contributed by atoms with E-state index < -0.39 is 5.97 Å². The van der Waals surface area contributed by atoms with Crippen molar-refractivity contribution in [2.24, 2.45) is 0 Å². The normalized spacial score (nSPS) is 12.3. The average molecular weight is 445 g/mol. The first-order chi connectivity index (χ1) is 15.8. The average Bonchev–Trinajstić information content (AvgIpc) is 2.78. The van der Waals surface area contributed by atoms with Gasteiger partial charge in [-0.05, 0) is 77.0 Å². The molecule has 0 saturated carbocycles. The van der Waals surface area contributed by atoms with Gasteiger partial charge in [-0.1, -0.05) is 100 Å². The van der Waals surface area contributed by atoms with E-state index in [1.807, 2.05) is 0 Å². The molecule has 0 atom stereocenters. The van der Waals surface area contributed by atoms with Crippen LogP contribution < -0.4 is 0 Å². The molecule has 0 aromatic heterocycles. The molecule has 0 rings (SSSR count). The Morgan fingerprint density at radius 1 is 0.469 bits per heavy atom. The van der Waals surface area contributed by atoms with Crippen molar-refractivity contribution in [1.82, 2.24) is 0 Å². The summed E-state index contributed by atoms with van der Waals surface area (Å²) in [4.78, 5) is 10.4. The first-order valence-electron chi connectivity index (χ1n) is 13.6. The van der Waals surface area contributed by atoms with Gasteiger partial charge in [-0.3, -0.25) is 4.79 Å². The fourth-order valence-electron chi connectivity index (χ4n) is 3.62. The highest BCUT2D eigenvalue weighted by molar-refractivity contribution is 5.66. The van der Waals surface area contributed by atoms with Crippen LogP contribution in [0.2, 0.25) is 0 Å². The summed E-state index contributed by atoms with van der Waals surface area (Å²) in [5.41, 5.74) is 0. The monoisotopic (exact) mass is 444 g/mol. The van der Waals surface area contributed by atoms with Crippen LogP contribution in [0.5, 0.6) is 0 Å². The summed E-state index contributed by atoms with van der Waals surface area (Å²) in [6, 6.07) is 0. The molecule has 2 nitrogen and oxygen atoms in total. The molecule has 0 fully saturated rings. The second-order valence-electron chi connectivity index (χ2n) is 8.87. The molecule has 32 heavy (non-hydrogen) atoms. The van der Waals surface area contributed by atoms with Crippen LogP contribution in [0, 0.1) is 0 Å². The summed E-state index contributed by atoms with van der Waals surface area (Å²) < 4.78 is 0. The predicted octanol–water partition coefficient (Wildman–Crippen LogP) is 10.1. The summed E-state index contributed by atoms with van der Waals surface area (Å²) >= 11 is 0. The topological polar surface area (TPSA) is 37.3 Å². The Morgan fingerprint density at radius 3 is 1.16 bits per heavy atom. The fraction of sp³-hybridized carbons (Fsp3) is 0.700. The molecule has 0 aliphatic rings. The van der Waals surface area contributed by atoms with Crippen LogP contribution in [0.1, 0.15) is 135 Å². The Kier molecular flexibility index (Phi) is 26.1. The number of hydrogen-bond donors (Lipinski definition) is 1. The summed E-state index contributed by atoms with van der Waals surface area (Å²) in [6.45, 7) is 2.27. The van der Waals surface area contributed by atoms with Crippen LogP contribution in [0.15, 0.2) is 48.6 Å². The molecule has 0 aromatic rings. The Bertz CT molecular complexity index is 499. The van der Waals surface area contributed by atoms with Crippen LogP contribution in [0.25, 0.3) is 0 Å². The highest BCUT2D eigenvalue weighted by Gasteiger charge is 1.93. The zero-order chi connectivity index (χ0) is 23.4. The Balaban J connectivity index is 3.24. The molecule has 0 saturated heterocycles. The molecule has 184 valence electrons. The number of allylic oxidation sites excluding steroid dienone is 8. The molecule has 0 bridgehead atoms. The van der Waals surface area contributed by atoms with Gasteiger partial charge in [-0.2, -0.15) is 0 Å². The maximum absolute atomic E-state index is 10.4. The number of carbonyl (C=O) groups is 1. The minimum absolute atomic E-state index is 0.276. The third-order valence-electron chi connectivity index (χ3n) is 5.64. The van der Waals surface area contributed by atoms with Gasteiger partial charge in [0.1, 0.15) is 0 Å². The van der Waals surface area contributed by atoms with Gasteiger partial charge < -0.3 is 5.11 Å². The van der Waals surface area contributed by atoms with E-state index in [1.165, 1.54) is 96.3 Å². The predicted molar refractivity (Wildman–Crippen MR) is 142 cm³/mol. The molecule has 0 unspecified atom stereocenters. The van der Waals surface area contributed by atoms with Gasteiger partial charge in [-0.25, -0.2) is 0 Å². The molecule has 0 heterocycles. The highest BCUT2D eigenvalue weighted by Crippen LogP contribution is 2.10. The van der Waals surface area contributed by atoms with Crippen LogP contribution in [-0.2, 0) is 4.79 Å². The van der Waals surface area contributed by atoms with E-state index in [-0.39, 0.29) is 6.42 Å². The number of hydrogen-bond acceptors (Lipinski definition) is 1. The van der Waals surface area contributed by atoms with E-state index >= 15 is 0 Å². The van der Waals surface area contributed by atoms with Crippen molar-refractivity contribution < 1.29 is 9.90 Å². The lowest BCUT2D eigenvalue weighted by Crippen LogP contribution is -1.92. The molecule has 0 spiro atoms. The number of rotatable bonds is 24. The SMILES string of the molecule is CCCCCCC=CCCC=CCCCCCCCCC=CCCC=CCCCC(=O)O. The number of aliphatic carboxylic acids is 1. The van der Waals surface area contributed by atoms with Gasteiger partial charge in [0.2, 0.25) is 0 Å². The maximum Gasteiger partial charge on any atom is 0.303 e. The summed E-state index contributed by atoms with van der Waals surface area (Å²) in [7, 11) is 0. The van der Waals surface area contributed by atoms with Gasteiger partial charge in [0.05, 0.1) is 0 Å². The van der Waals surface area contributed by atoms with Gasteiger partial charge in [0.25, 0.3) is 0 Å². The quantitative estimate of drug-likeness (QED) is 0.119. The minimum atomic E-state index is -0.698. The largest absolute Gasteiger partial charge is 0.481 e. The molecule has 1 N–H and O–H groups in total. The highest BCUT2D eigenvalue weighted by atomic mass is 16.4. The van der Waals surface area contributed by atoms with E-state index in [4.69, 9.17) is 5.11 Å². The first kappa shape index (κ1) is 30.4. The molecule has 0 amide bonds. The lowest BCUT2D eigenvalue weighted by molar-refractivity contribution is -0.137. The Morgan fingerprint density at radius 2 is 0.781 bits per heavy atom. The third-order valence-corrected chi connectivity index (χ3v) is 5.64. The van der Waals surface area contributed by atoms with Gasteiger partial charge >= 0.3 is 5.97 Å². The molecular weight excluding hydrogens is 392 g/mol. The molecule has 2 heteroatoms. The van der Waals surface area contributed by atoms with Crippen molar-refractivity contribution in [3.63, 3.8) is 0 Å². The van der Waals surface area contributed by atoms with Gasteiger partial charge in [0.15, 0.2) is 0 Å². The second-order valence-corrected chi connectivity index (χ2v) is 8.87. The smallest absolute Gasteiger partial charge is 0.303 e. The summed E-state index contributed by atoms with van der Waals surface area (Å²) in [6.07, 6.45) is 42.1. The van der Waals surface area contributed by atoms with Gasteiger partial charge in [0, 0.05) is 6.42 Å². The summed E-state index contributed by atoms with van der Waals surface area (Å²) in [5.74, 6) is -0.698. The van der Waals surface area contributed by atoms with E-state index in [2.05, 4.69) is 55.5 Å². The third kappa shape index (κ3) is 28.4. The standard InChI is InChI=1S/C30H52O2/c1-2-3-4-5-6-7-8-9-10-11-12-13-14-15-16-17-18-19-20-21-22-23-24-25-26-27-28-29-30(31)32/h7-8,11-12,21-22,25-26H,2-6,9-10,13-20,23-24,27-29H2,1H3,(H,31,32). The lowest BCUT2D eigenvalue weighted by Gasteiger charge is -1.99. The zero-order valence-electron chi connectivity index (χ0n) is 21.1. The Hall–Kier alpha value is -1.57. The maximum atomic E-state index is 10.4. The fourth-order valence-corrected chi connectivity index (χ4v) is 3.62. The molecular formula is C30H52O2. The van der Waals surface area contributed by atoms with Crippen molar-refractivity contribution in [2.75, 3.05) is 0 Å². The molecule has 0 aliphatic heterocycles. The van der Waals surface area contributed by atoms with E-state index in [1.54, 1.807) is 0 Å². The van der Waals surface area contributed by atoms with Crippen molar-refractivity contribution in [1.29, 1.82) is 0 Å². The number of carboxylic acid groups (broad SMARTS) is 1. The summed E-state index contributed by atoms with van der Waals surface area (Å²) in [5, 5.41) is 8.57. The molecule has 0 radical (unpaired) electrons.